The first-order valence-corrected chi connectivity index (χ1v) is 9.55. The zero-order valence-electron chi connectivity index (χ0n) is 13.3. The molecule has 2 aliphatic rings. The molecule has 0 saturated carbocycles. The molecule has 2 aromatic rings. The second kappa shape index (κ2) is 5.88. The lowest BCUT2D eigenvalue weighted by atomic mass is 9.94. The number of carbonyl (C=O) groups excluding carboxylic acids is 1. The van der Waals surface area contributed by atoms with Crippen molar-refractivity contribution in [1.82, 2.24) is 4.98 Å². The maximum Gasteiger partial charge on any atom is 0.524 e. The van der Waals surface area contributed by atoms with E-state index in [2.05, 4.69) is 14.8 Å². The van der Waals surface area contributed by atoms with Gasteiger partial charge in [0.25, 0.3) is 5.91 Å². The molecule has 0 saturated heterocycles. The number of H-pyrrole nitrogens is 1. The van der Waals surface area contributed by atoms with Crippen molar-refractivity contribution < 1.29 is 23.7 Å². The van der Waals surface area contributed by atoms with E-state index in [9.17, 15) is 9.36 Å². The zero-order valence-corrected chi connectivity index (χ0v) is 14.2. The van der Waals surface area contributed by atoms with E-state index in [0.717, 1.165) is 31.2 Å². The highest BCUT2D eigenvalue weighted by Gasteiger charge is 2.27. The number of hydrogen-bond acceptors (Lipinski definition) is 3. The zero-order chi connectivity index (χ0) is 17.6. The molecule has 1 aromatic carbocycles. The molecular formula is C17H17N2O5P. The first-order chi connectivity index (χ1) is 11.9. The predicted octanol–water partition coefficient (Wildman–Crippen LogP) is 2.86. The van der Waals surface area contributed by atoms with Gasteiger partial charge in [-0.2, -0.15) is 0 Å². The van der Waals surface area contributed by atoms with Crippen LogP contribution in [0.3, 0.4) is 0 Å². The summed E-state index contributed by atoms with van der Waals surface area (Å²) in [6.45, 7) is 0. The molecule has 0 spiro atoms. The standard InChI is InChI=1S/C17H17N2O5P/c20-17-14(7-10-9-18-15-4-2-1-3-12(10)15)13-8-11(24-25(21,22)23)5-6-16(13)19-17/h5-9,18H,1-4H2,(H,19,20)(H2,21,22,23). The van der Waals surface area contributed by atoms with Gasteiger partial charge in [-0.25, -0.2) is 4.57 Å². The van der Waals surface area contributed by atoms with Gasteiger partial charge in [0.1, 0.15) is 5.75 Å². The molecule has 0 radical (unpaired) electrons. The van der Waals surface area contributed by atoms with Gasteiger partial charge in [-0.05, 0) is 61.1 Å². The maximum atomic E-state index is 12.3. The Hall–Kier alpha value is -2.34. The van der Waals surface area contributed by atoms with Crippen LogP contribution in [0.2, 0.25) is 0 Å². The summed E-state index contributed by atoms with van der Waals surface area (Å²) in [5.74, 6) is -0.223. The fourth-order valence-electron chi connectivity index (χ4n) is 3.42. The van der Waals surface area contributed by atoms with Crippen molar-refractivity contribution in [3.8, 4) is 5.75 Å². The smallest absolute Gasteiger partial charge is 0.404 e. The number of rotatable bonds is 3. The maximum absolute atomic E-state index is 12.3. The van der Waals surface area contributed by atoms with Crippen molar-refractivity contribution in [2.24, 2.45) is 0 Å². The van der Waals surface area contributed by atoms with Crippen molar-refractivity contribution in [2.45, 2.75) is 25.7 Å². The minimum absolute atomic E-state index is 0.0191. The summed E-state index contributed by atoms with van der Waals surface area (Å²) < 4.78 is 15.7. The SMILES string of the molecule is O=C1Nc2ccc(OP(=O)(O)O)cc2C1=Cc1c[nH]c2c1CCCC2. The first kappa shape index (κ1) is 16.1. The van der Waals surface area contributed by atoms with Gasteiger partial charge in [-0.15, -0.1) is 0 Å². The number of carbonyl (C=O) groups is 1. The van der Waals surface area contributed by atoms with Crippen LogP contribution in [-0.4, -0.2) is 20.7 Å². The Morgan fingerprint density at radius 1 is 1.20 bits per heavy atom. The van der Waals surface area contributed by atoms with Crippen molar-refractivity contribution in [2.75, 3.05) is 5.32 Å². The lowest BCUT2D eigenvalue weighted by Gasteiger charge is -2.11. The van der Waals surface area contributed by atoms with Gasteiger partial charge >= 0.3 is 7.82 Å². The van der Waals surface area contributed by atoms with E-state index in [1.807, 2.05) is 12.3 Å². The predicted molar refractivity (Wildman–Crippen MR) is 93.0 cm³/mol. The molecule has 4 rings (SSSR count). The Morgan fingerprint density at radius 2 is 2.00 bits per heavy atom. The lowest BCUT2D eigenvalue weighted by molar-refractivity contribution is -0.110. The summed E-state index contributed by atoms with van der Waals surface area (Å²) in [5, 5.41) is 2.76. The molecule has 1 amide bonds. The quantitative estimate of drug-likeness (QED) is 0.497. The summed E-state index contributed by atoms with van der Waals surface area (Å²) in [5.41, 5.74) is 5.06. The van der Waals surface area contributed by atoms with Crippen LogP contribution in [0.25, 0.3) is 11.6 Å². The minimum Gasteiger partial charge on any atom is -0.404 e. The molecule has 0 bridgehead atoms. The highest BCUT2D eigenvalue weighted by molar-refractivity contribution is 7.46. The summed E-state index contributed by atoms with van der Waals surface area (Å²) in [4.78, 5) is 33.5. The highest BCUT2D eigenvalue weighted by Crippen LogP contribution is 2.42. The van der Waals surface area contributed by atoms with E-state index >= 15 is 0 Å². The molecule has 1 aliphatic heterocycles. The Bertz CT molecular complexity index is 941. The Labute approximate surface area is 144 Å². The van der Waals surface area contributed by atoms with Crippen molar-refractivity contribution in [3.05, 3.63) is 46.8 Å². The lowest BCUT2D eigenvalue weighted by Crippen LogP contribution is -2.04. The van der Waals surface area contributed by atoms with E-state index in [1.54, 1.807) is 6.07 Å². The second-order valence-electron chi connectivity index (χ2n) is 6.21. The molecule has 7 nitrogen and oxygen atoms in total. The molecule has 0 unspecified atom stereocenters. The third-order valence-electron chi connectivity index (χ3n) is 4.52. The number of aryl methyl sites for hydroxylation is 1. The van der Waals surface area contributed by atoms with Gasteiger partial charge in [0.2, 0.25) is 0 Å². The van der Waals surface area contributed by atoms with Gasteiger partial charge in [-0.3, -0.25) is 14.6 Å². The van der Waals surface area contributed by atoms with Crippen LogP contribution in [0.5, 0.6) is 5.75 Å². The first-order valence-electron chi connectivity index (χ1n) is 8.02. The molecule has 1 aliphatic carbocycles. The fraction of sp³-hybridized carbons (Fsp3) is 0.235. The Kier molecular flexibility index (Phi) is 3.80. The number of aromatic amines is 1. The number of fused-ring (bicyclic) bond motifs is 2. The monoisotopic (exact) mass is 360 g/mol. The molecule has 8 heteroatoms. The van der Waals surface area contributed by atoms with Crippen LogP contribution >= 0.6 is 7.82 Å². The number of anilines is 1. The number of aromatic nitrogens is 1. The van der Waals surface area contributed by atoms with Crippen LogP contribution in [0, 0.1) is 0 Å². The number of nitrogens with one attached hydrogen (secondary N) is 2. The average Bonchev–Trinajstić information content (AvgIpc) is 3.08. The van der Waals surface area contributed by atoms with E-state index in [4.69, 9.17) is 9.79 Å². The van der Waals surface area contributed by atoms with E-state index in [0.29, 0.717) is 16.8 Å². The number of hydrogen-bond donors (Lipinski definition) is 4. The van der Waals surface area contributed by atoms with Gasteiger partial charge in [0.05, 0.1) is 0 Å². The molecule has 4 N–H and O–H groups in total. The highest BCUT2D eigenvalue weighted by atomic mass is 31.2. The van der Waals surface area contributed by atoms with E-state index < -0.39 is 7.82 Å². The molecule has 0 atom stereocenters. The summed E-state index contributed by atoms with van der Waals surface area (Å²) >= 11 is 0. The van der Waals surface area contributed by atoms with Crippen LogP contribution < -0.4 is 9.84 Å². The third kappa shape index (κ3) is 3.14. The van der Waals surface area contributed by atoms with Gasteiger partial charge in [-0.1, -0.05) is 0 Å². The van der Waals surface area contributed by atoms with Gasteiger partial charge in [0, 0.05) is 28.7 Å². The molecule has 130 valence electrons. The average molecular weight is 360 g/mol. The molecule has 25 heavy (non-hydrogen) atoms. The fourth-order valence-corrected chi connectivity index (χ4v) is 3.81. The molecule has 0 fully saturated rings. The second-order valence-corrected chi connectivity index (χ2v) is 7.37. The Balaban J connectivity index is 1.75. The van der Waals surface area contributed by atoms with Crippen molar-refractivity contribution in [1.29, 1.82) is 0 Å². The number of phosphoric acid groups is 1. The van der Waals surface area contributed by atoms with Crippen LogP contribution in [-0.2, 0) is 22.2 Å². The van der Waals surface area contributed by atoms with E-state index in [-0.39, 0.29) is 11.7 Å². The molecular weight excluding hydrogens is 343 g/mol. The topological polar surface area (TPSA) is 112 Å². The normalized spacial score (nSPS) is 18.0. The number of amides is 1. The van der Waals surface area contributed by atoms with Crippen molar-refractivity contribution in [3.63, 3.8) is 0 Å². The summed E-state index contributed by atoms with van der Waals surface area (Å²) in [6, 6.07) is 4.46. The number of benzene rings is 1. The van der Waals surface area contributed by atoms with Crippen LogP contribution in [0.4, 0.5) is 5.69 Å². The van der Waals surface area contributed by atoms with E-state index in [1.165, 1.54) is 23.4 Å². The van der Waals surface area contributed by atoms with Crippen molar-refractivity contribution >= 4 is 31.1 Å². The molecule has 2 heterocycles. The minimum atomic E-state index is -4.65. The van der Waals surface area contributed by atoms with Gasteiger partial charge in [0.15, 0.2) is 0 Å². The molecule has 1 aromatic heterocycles. The number of phosphoric ester groups is 1. The summed E-state index contributed by atoms with van der Waals surface area (Å²) in [7, 11) is -4.65. The van der Waals surface area contributed by atoms with Gasteiger partial charge < -0.3 is 14.8 Å². The third-order valence-corrected chi connectivity index (χ3v) is 4.97. The largest absolute Gasteiger partial charge is 0.524 e. The van der Waals surface area contributed by atoms with Crippen LogP contribution in [0.1, 0.15) is 35.2 Å². The summed E-state index contributed by atoms with van der Waals surface area (Å²) in [6.07, 6.45) is 8.02. The Morgan fingerprint density at radius 3 is 2.80 bits per heavy atom. The van der Waals surface area contributed by atoms with Crippen LogP contribution in [0.15, 0.2) is 24.4 Å².